The predicted octanol–water partition coefficient (Wildman–Crippen LogP) is 4.04. The minimum atomic E-state index is -0.770. The Labute approximate surface area is 180 Å². The zero-order valence-electron chi connectivity index (χ0n) is 17.2. The first-order valence-corrected chi connectivity index (χ1v) is 10.2. The summed E-state index contributed by atoms with van der Waals surface area (Å²) in [4.78, 5) is 24.7. The molecule has 0 radical (unpaired) electrons. The highest BCUT2D eigenvalue weighted by Gasteiger charge is 2.29. The lowest BCUT2D eigenvalue weighted by Crippen LogP contribution is -2.42. The number of carbonyl (C=O) groups is 2. The number of carbonyl (C=O) groups excluding carboxylic acids is 2. The molecule has 1 unspecified atom stereocenters. The number of aliphatic hydroxyl groups excluding tert-OH is 1. The Morgan fingerprint density at radius 3 is 2.10 bits per heavy atom. The van der Waals surface area contributed by atoms with Gasteiger partial charge in [0, 0.05) is 11.6 Å². The fraction of sp³-hybridized carbons (Fsp3) is 0.200. The lowest BCUT2D eigenvalue weighted by Gasteiger charge is -2.17. The van der Waals surface area contributed by atoms with Gasteiger partial charge in [-0.1, -0.05) is 60.7 Å². The first-order chi connectivity index (χ1) is 15.1. The number of nitrogens with one attached hydrogen (secondary N) is 2. The molecule has 0 heterocycles. The third-order valence-corrected chi connectivity index (χ3v) is 5.48. The number of rotatable bonds is 6. The van der Waals surface area contributed by atoms with Gasteiger partial charge in [-0.05, 0) is 46.9 Å². The summed E-state index contributed by atoms with van der Waals surface area (Å²) in [5.41, 5.74) is 5.92. The van der Waals surface area contributed by atoms with Crippen molar-refractivity contribution >= 4 is 17.7 Å². The highest BCUT2D eigenvalue weighted by Crippen LogP contribution is 2.44. The summed E-state index contributed by atoms with van der Waals surface area (Å²) in [7, 11) is 0. The first kappa shape index (κ1) is 20.6. The second kappa shape index (κ2) is 9.02. The Bertz CT molecular complexity index is 1050. The average molecular weight is 416 g/mol. The highest BCUT2D eigenvalue weighted by molar-refractivity contribution is 5.96. The minimum Gasteiger partial charge on any atom is -0.449 e. The van der Waals surface area contributed by atoms with Gasteiger partial charge < -0.3 is 20.5 Å². The van der Waals surface area contributed by atoms with Gasteiger partial charge in [-0.2, -0.15) is 0 Å². The lowest BCUT2D eigenvalue weighted by molar-refractivity contribution is -0.117. The summed E-state index contributed by atoms with van der Waals surface area (Å²) in [5.74, 6) is -0.391. The largest absolute Gasteiger partial charge is 0.449 e. The Morgan fingerprint density at radius 1 is 0.935 bits per heavy atom. The van der Waals surface area contributed by atoms with Gasteiger partial charge in [-0.3, -0.25) is 4.79 Å². The molecular formula is C25H24N2O4. The lowest BCUT2D eigenvalue weighted by atomic mass is 9.98. The van der Waals surface area contributed by atoms with Gasteiger partial charge in [0.25, 0.3) is 0 Å². The van der Waals surface area contributed by atoms with E-state index in [2.05, 4.69) is 34.9 Å². The number of hydrogen-bond acceptors (Lipinski definition) is 4. The smallest absolute Gasteiger partial charge is 0.407 e. The van der Waals surface area contributed by atoms with Crippen LogP contribution in [-0.2, 0) is 16.1 Å². The van der Waals surface area contributed by atoms with E-state index in [0.29, 0.717) is 5.69 Å². The van der Waals surface area contributed by atoms with Crippen LogP contribution in [-0.4, -0.2) is 29.8 Å². The predicted molar refractivity (Wildman–Crippen MR) is 119 cm³/mol. The summed E-state index contributed by atoms with van der Waals surface area (Å²) in [6.45, 7) is 1.73. The maximum absolute atomic E-state index is 12.4. The van der Waals surface area contributed by atoms with E-state index in [1.54, 1.807) is 31.2 Å². The van der Waals surface area contributed by atoms with Crippen molar-refractivity contribution in [2.75, 3.05) is 11.9 Å². The summed E-state index contributed by atoms with van der Waals surface area (Å²) in [6.07, 6.45) is -0.639. The minimum absolute atomic E-state index is 0.0349. The van der Waals surface area contributed by atoms with Gasteiger partial charge in [0.2, 0.25) is 5.91 Å². The maximum atomic E-state index is 12.4. The zero-order valence-corrected chi connectivity index (χ0v) is 17.2. The van der Waals surface area contributed by atoms with Gasteiger partial charge in [0.05, 0.1) is 6.61 Å². The molecule has 0 aliphatic heterocycles. The van der Waals surface area contributed by atoms with Crippen LogP contribution >= 0.6 is 0 Å². The van der Waals surface area contributed by atoms with E-state index < -0.39 is 12.1 Å². The summed E-state index contributed by atoms with van der Waals surface area (Å²) < 4.78 is 5.48. The number of anilines is 1. The third-order valence-electron chi connectivity index (χ3n) is 5.48. The van der Waals surface area contributed by atoms with Crippen molar-refractivity contribution in [2.24, 2.45) is 0 Å². The monoisotopic (exact) mass is 416 g/mol. The second-order valence-corrected chi connectivity index (χ2v) is 7.54. The number of amides is 2. The molecule has 6 nitrogen and oxygen atoms in total. The number of ether oxygens (including phenoxy) is 1. The molecule has 0 saturated carbocycles. The topological polar surface area (TPSA) is 87.7 Å². The number of alkyl carbamates (subject to hydrolysis) is 1. The van der Waals surface area contributed by atoms with Crippen LogP contribution in [0.5, 0.6) is 0 Å². The Hall–Kier alpha value is -3.64. The molecule has 0 bridgehead atoms. The molecule has 158 valence electrons. The van der Waals surface area contributed by atoms with Gasteiger partial charge in [0.15, 0.2) is 0 Å². The molecule has 4 rings (SSSR count). The van der Waals surface area contributed by atoms with Crippen molar-refractivity contribution in [1.82, 2.24) is 5.32 Å². The average Bonchev–Trinajstić information content (AvgIpc) is 3.12. The van der Waals surface area contributed by atoms with Gasteiger partial charge >= 0.3 is 6.09 Å². The molecule has 3 aromatic carbocycles. The van der Waals surface area contributed by atoms with E-state index in [9.17, 15) is 9.59 Å². The summed E-state index contributed by atoms with van der Waals surface area (Å²) in [5, 5.41) is 14.4. The van der Waals surface area contributed by atoms with E-state index in [-0.39, 0.29) is 25.0 Å². The Morgan fingerprint density at radius 2 is 1.52 bits per heavy atom. The van der Waals surface area contributed by atoms with Crippen molar-refractivity contribution in [3.8, 4) is 11.1 Å². The van der Waals surface area contributed by atoms with E-state index in [4.69, 9.17) is 9.84 Å². The molecule has 0 fully saturated rings. The zero-order chi connectivity index (χ0) is 21.8. The van der Waals surface area contributed by atoms with Crippen molar-refractivity contribution in [1.29, 1.82) is 0 Å². The quantitative estimate of drug-likeness (QED) is 0.566. The molecular weight excluding hydrogens is 392 g/mol. The van der Waals surface area contributed by atoms with Crippen LogP contribution < -0.4 is 10.6 Å². The standard InChI is InChI=1S/C25H24N2O4/c1-16(24(29)27-18-12-10-17(14-28)11-13-18)26-25(30)31-15-23-21-8-4-2-6-19(21)20-7-3-5-9-22(20)23/h2-13,16,23,28H,14-15H2,1H3,(H,26,30)(H,27,29). The molecule has 0 saturated heterocycles. The summed E-state index contributed by atoms with van der Waals surface area (Å²) >= 11 is 0. The fourth-order valence-electron chi connectivity index (χ4n) is 3.83. The SMILES string of the molecule is CC(NC(=O)OCC1c2ccccc2-c2ccccc21)C(=O)Nc1ccc(CO)cc1. The summed E-state index contributed by atoms with van der Waals surface area (Å²) in [6, 6.07) is 22.3. The third kappa shape index (κ3) is 4.44. The molecule has 1 aliphatic carbocycles. The molecule has 0 aromatic heterocycles. The number of hydrogen-bond donors (Lipinski definition) is 3. The van der Waals surface area contributed by atoms with Crippen molar-refractivity contribution in [3.05, 3.63) is 89.5 Å². The molecule has 1 aliphatic rings. The van der Waals surface area contributed by atoms with Gasteiger partial charge in [0.1, 0.15) is 12.6 Å². The molecule has 6 heteroatoms. The van der Waals surface area contributed by atoms with Crippen LogP contribution in [0, 0.1) is 0 Å². The van der Waals surface area contributed by atoms with E-state index >= 15 is 0 Å². The van der Waals surface area contributed by atoms with E-state index in [0.717, 1.165) is 27.8 Å². The van der Waals surface area contributed by atoms with Crippen LogP contribution in [0.4, 0.5) is 10.5 Å². The molecule has 1 atom stereocenters. The van der Waals surface area contributed by atoms with E-state index in [1.807, 2.05) is 24.3 Å². The van der Waals surface area contributed by atoms with Crippen LogP contribution in [0.2, 0.25) is 0 Å². The van der Waals surface area contributed by atoms with Crippen LogP contribution in [0.15, 0.2) is 72.8 Å². The molecule has 31 heavy (non-hydrogen) atoms. The van der Waals surface area contributed by atoms with Crippen molar-refractivity contribution < 1.29 is 19.4 Å². The van der Waals surface area contributed by atoms with E-state index in [1.165, 1.54) is 0 Å². The van der Waals surface area contributed by atoms with Crippen LogP contribution in [0.25, 0.3) is 11.1 Å². The first-order valence-electron chi connectivity index (χ1n) is 10.2. The van der Waals surface area contributed by atoms with Crippen molar-refractivity contribution in [2.45, 2.75) is 25.5 Å². The van der Waals surface area contributed by atoms with Gasteiger partial charge in [-0.15, -0.1) is 0 Å². The molecule has 3 aromatic rings. The second-order valence-electron chi connectivity index (χ2n) is 7.54. The number of fused-ring (bicyclic) bond motifs is 3. The fourth-order valence-corrected chi connectivity index (χ4v) is 3.83. The Balaban J connectivity index is 1.34. The Kier molecular flexibility index (Phi) is 6.00. The normalized spacial score (nSPS) is 13.1. The molecule has 0 spiro atoms. The van der Waals surface area contributed by atoms with Crippen LogP contribution in [0.3, 0.4) is 0 Å². The van der Waals surface area contributed by atoms with Crippen molar-refractivity contribution in [3.63, 3.8) is 0 Å². The maximum Gasteiger partial charge on any atom is 0.407 e. The highest BCUT2D eigenvalue weighted by atomic mass is 16.5. The number of benzene rings is 3. The van der Waals surface area contributed by atoms with Crippen LogP contribution in [0.1, 0.15) is 29.5 Å². The molecule has 3 N–H and O–H groups in total. The molecule has 2 amide bonds. The van der Waals surface area contributed by atoms with Gasteiger partial charge in [-0.25, -0.2) is 4.79 Å². The number of aliphatic hydroxyl groups is 1.